The van der Waals surface area contributed by atoms with Crippen molar-refractivity contribution in [1.82, 2.24) is 15.5 Å². The Morgan fingerprint density at radius 3 is 2.36 bits per heavy atom. The van der Waals surface area contributed by atoms with Gasteiger partial charge in [-0.05, 0) is 65.2 Å². The monoisotopic (exact) mass is 309 g/mol. The maximum atomic E-state index is 12.2. The number of piperidine rings is 1. The normalized spacial score (nSPS) is 23.2. The van der Waals surface area contributed by atoms with E-state index in [1.165, 1.54) is 51.4 Å². The van der Waals surface area contributed by atoms with Crippen molar-refractivity contribution in [2.24, 2.45) is 5.92 Å². The molecule has 1 saturated heterocycles. The molecule has 0 atom stereocenters. The van der Waals surface area contributed by atoms with Gasteiger partial charge in [0.25, 0.3) is 0 Å². The minimum Gasteiger partial charge on any atom is -0.354 e. The second kappa shape index (κ2) is 8.88. The Hall–Kier alpha value is -0.610. The zero-order valence-electron chi connectivity index (χ0n) is 14.6. The summed E-state index contributed by atoms with van der Waals surface area (Å²) in [4.78, 5) is 14.6. The van der Waals surface area contributed by atoms with Gasteiger partial charge < -0.3 is 15.5 Å². The average Bonchev–Trinajstić information content (AvgIpc) is 2.78. The van der Waals surface area contributed by atoms with Crippen molar-refractivity contribution in [2.45, 2.75) is 69.7 Å². The molecule has 2 N–H and O–H groups in total. The molecule has 1 amide bonds. The third kappa shape index (κ3) is 5.24. The number of hydrogen-bond donors (Lipinski definition) is 2. The van der Waals surface area contributed by atoms with Crippen molar-refractivity contribution in [3.8, 4) is 0 Å². The molecule has 0 bridgehead atoms. The molecule has 1 aliphatic carbocycles. The van der Waals surface area contributed by atoms with Crippen LogP contribution in [0, 0.1) is 5.92 Å². The van der Waals surface area contributed by atoms with Gasteiger partial charge in [0.1, 0.15) is 0 Å². The highest BCUT2D eigenvalue weighted by atomic mass is 16.1. The minimum atomic E-state index is 0.181. The van der Waals surface area contributed by atoms with E-state index in [9.17, 15) is 4.79 Å². The number of carbonyl (C=O) groups is 1. The van der Waals surface area contributed by atoms with Gasteiger partial charge in [-0.1, -0.05) is 25.7 Å². The van der Waals surface area contributed by atoms with E-state index in [0.29, 0.717) is 6.42 Å². The van der Waals surface area contributed by atoms with Crippen molar-refractivity contribution in [3.63, 3.8) is 0 Å². The van der Waals surface area contributed by atoms with Crippen LogP contribution in [0.1, 0.15) is 64.2 Å². The summed E-state index contributed by atoms with van der Waals surface area (Å²) in [5.74, 6) is 0.997. The van der Waals surface area contributed by atoms with E-state index in [0.717, 1.165) is 32.0 Å². The molecular weight excluding hydrogens is 274 g/mol. The summed E-state index contributed by atoms with van der Waals surface area (Å²) in [5.41, 5.74) is 0.181. The summed E-state index contributed by atoms with van der Waals surface area (Å²) in [6.45, 7) is 3.07. The van der Waals surface area contributed by atoms with Crippen LogP contribution in [-0.2, 0) is 4.79 Å². The van der Waals surface area contributed by atoms with E-state index in [-0.39, 0.29) is 11.4 Å². The summed E-state index contributed by atoms with van der Waals surface area (Å²) in [6, 6.07) is 0. The van der Waals surface area contributed by atoms with Crippen LogP contribution in [0.4, 0.5) is 0 Å². The second-order valence-corrected chi connectivity index (χ2v) is 7.54. The fraction of sp³-hybridized carbons (Fsp3) is 0.944. The van der Waals surface area contributed by atoms with Gasteiger partial charge in [0, 0.05) is 18.5 Å². The molecule has 1 saturated carbocycles. The smallest absolute Gasteiger partial charge is 0.220 e. The molecule has 1 aliphatic heterocycles. The van der Waals surface area contributed by atoms with E-state index in [1.54, 1.807) is 0 Å². The summed E-state index contributed by atoms with van der Waals surface area (Å²) >= 11 is 0. The van der Waals surface area contributed by atoms with E-state index >= 15 is 0 Å². The van der Waals surface area contributed by atoms with Crippen LogP contribution in [0.25, 0.3) is 0 Å². The van der Waals surface area contributed by atoms with Gasteiger partial charge in [-0.3, -0.25) is 4.79 Å². The van der Waals surface area contributed by atoms with Crippen LogP contribution in [0.2, 0.25) is 0 Å². The van der Waals surface area contributed by atoms with E-state index in [1.807, 2.05) is 0 Å². The largest absolute Gasteiger partial charge is 0.354 e. The molecule has 22 heavy (non-hydrogen) atoms. The molecule has 4 heteroatoms. The second-order valence-electron chi connectivity index (χ2n) is 7.54. The zero-order valence-corrected chi connectivity index (χ0v) is 14.6. The van der Waals surface area contributed by atoms with Gasteiger partial charge in [0.2, 0.25) is 5.91 Å². The lowest BCUT2D eigenvalue weighted by molar-refractivity contribution is -0.122. The van der Waals surface area contributed by atoms with Gasteiger partial charge in [-0.2, -0.15) is 0 Å². The fourth-order valence-electron chi connectivity index (χ4n) is 4.03. The predicted octanol–water partition coefficient (Wildman–Crippen LogP) is 2.54. The molecule has 2 aliphatic rings. The van der Waals surface area contributed by atoms with Crippen molar-refractivity contribution >= 4 is 5.91 Å². The van der Waals surface area contributed by atoms with Gasteiger partial charge in [-0.15, -0.1) is 0 Å². The number of amides is 1. The average molecular weight is 309 g/mol. The Morgan fingerprint density at radius 2 is 1.77 bits per heavy atom. The van der Waals surface area contributed by atoms with Crippen LogP contribution < -0.4 is 10.6 Å². The topological polar surface area (TPSA) is 44.4 Å². The molecule has 0 spiro atoms. The SMILES string of the molecule is CN(C)C1(CNC(=O)CCC2CCNCC2)CCCCCC1. The Balaban J connectivity index is 1.74. The van der Waals surface area contributed by atoms with Crippen molar-refractivity contribution in [2.75, 3.05) is 33.7 Å². The van der Waals surface area contributed by atoms with Crippen LogP contribution >= 0.6 is 0 Å². The molecule has 128 valence electrons. The van der Waals surface area contributed by atoms with Crippen LogP contribution in [0.3, 0.4) is 0 Å². The molecule has 2 fully saturated rings. The fourth-order valence-corrected chi connectivity index (χ4v) is 4.03. The molecule has 0 aromatic carbocycles. The third-order valence-electron chi connectivity index (χ3n) is 5.84. The van der Waals surface area contributed by atoms with E-state index < -0.39 is 0 Å². The molecular formula is C18H35N3O. The Bertz CT molecular complexity index is 329. The predicted molar refractivity (Wildman–Crippen MR) is 92.0 cm³/mol. The summed E-state index contributed by atoms with van der Waals surface area (Å²) < 4.78 is 0. The Labute approximate surface area is 136 Å². The van der Waals surface area contributed by atoms with Crippen LogP contribution in [0.15, 0.2) is 0 Å². The van der Waals surface area contributed by atoms with Crippen LogP contribution in [0.5, 0.6) is 0 Å². The molecule has 4 nitrogen and oxygen atoms in total. The van der Waals surface area contributed by atoms with Gasteiger partial charge in [-0.25, -0.2) is 0 Å². The lowest BCUT2D eigenvalue weighted by Gasteiger charge is -2.39. The highest BCUT2D eigenvalue weighted by Gasteiger charge is 2.33. The molecule has 2 rings (SSSR count). The lowest BCUT2D eigenvalue weighted by atomic mass is 9.88. The molecule has 0 aromatic rings. The molecule has 0 radical (unpaired) electrons. The highest BCUT2D eigenvalue weighted by molar-refractivity contribution is 5.75. The first kappa shape index (κ1) is 17.7. The first-order valence-corrected chi connectivity index (χ1v) is 9.27. The van der Waals surface area contributed by atoms with Crippen molar-refractivity contribution in [3.05, 3.63) is 0 Å². The molecule has 1 heterocycles. The maximum Gasteiger partial charge on any atom is 0.220 e. The van der Waals surface area contributed by atoms with Gasteiger partial charge in [0.05, 0.1) is 0 Å². The number of nitrogens with one attached hydrogen (secondary N) is 2. The number of rotatable bonds is 6. The van der Waals surface area contributed by atoms with Gasteiger partial charge in [0.15, 0.2) is 0 Å². The third-order valence-corrected chi connectivity index (χ3v) is 5.84. The van der Waals surface area contributed by atoms with Crippen molar-refractivity contribution < 1.29 is 4.79 Å². The molecule has 0 aromatic heterocycles. The highest BCUT2D eigenvalue weighted by Crippen LogP contribution is 2.30. The molecule has 0 unspecified atom stereocenters. The number of likely N-dealkylation sites (N-methyl/N-ethyl adjacent to an activating group) is 1. The maximum absolute atomic E-state index is 12.2. The zero-order chi connectivity index (χ0) is 15.8. The number of nitrogens with zero attached hydrogens (tertiary/aromatic N) is 1. The van der Waals surface area contributed by atoms with E-state index in [4.69, 9.17) is 0 Å². The summed E-state index contributed by atoms with van der Waals surface area (Å²) in [7, 11) is 4.35. The summed E-state index contributed by atoms with van der Waals surface area (Å²) in [6.07, 6.45) is 11.9. The van der Waals surface area contributed by atoms with E-state index in [2.05, 4.69) is 29.6 Å². The lowest BCUT2D eigenvalue weighted by Crippen LogP contribution is -2.52. The van der Waals surface area contributed by atoms with Crippen LogP contribution in [-0.4, -0.2) is 50.1 Å². The number of carbonyl (C=O) groups excluding carboxylic acids is 1. The first-order chi connectivity index (χ1) is 10.6. The number of hydrogen-bond acceptors (Lipinski definition) is 3. The van der Waals surface area contributed by atoms with Crippen molar-refractivity contribution in [1.29, 1.82) is 0 Å². The standard InChI is InChI=1S/C18H35N3O/c1-21(2)18(11-5-3-4-6-12-18)15-20-17(22)8-7-16-9-13-19-14-10-16/h16,19H,3-15H2,1-2H3,(H,20,22). The Kier molecular flexibility index (Phi) is 7.16. The Morgan fingerprint density at radius 1 is 1.14 bits per heavy atom. The summed E-state index contributed by atoms with van der Waals surface area (Å²) in [5, 5.41) is 6.63. The first-order valence-electron chi connectivity index (χ1n) is 9.27. The minimum absolute atomic E-state index is 0.181. The van der Waals surface area contributed by atoms with Gasteiger partial charge >= 0.3 is 0 Å². The quantitative estimate of drug-likeness (QED) is 0.741.